The van der Waals surface area contributed by atoms with Gasteiger partial charge in [-0.05, 0) is 72.8 Å². The van der Waals surface area contributed by atoms with Gasteiger partial charge in [0.05, 0.1) is 5.52 Å². The lowest BCUT2D eigenvalue weighted by Gasteiger charge is -2.23. The van der Waals surface area contributed by atoms with Crippen LogP contribution >= 0.6 is 0 Å². The molecular formula is C26H26N4O. The highest BCUT2D eigenvalue weighted by Gasteiger charge is 2.58. The van der Waals surface area contributed by atoms with Gasteiger partial charge in [-0.1, -0.05) is 31.0 Å². The van der Waals surface area contributed by atoms with Crippen LogP contribution < -0.4 is 11.1 Å². The number of hydrogen-bond acceptors (Lipinski definition) is 4. The van der Waals surface area contributed by atoms with Gasteiger partial charge in [-0.2, -0.15) is 0 Å². The number of primary amides is 1. The van der Waals surface area contributed by atoms with E-state index in [0.717, 1.165) is 47.1 Å². The molecule has 31 heavy (non-hydrogen) atoms. The molecule has 0 unspecified atom stereocenters. The maximum Gasteiger partial charge on any atom is 0.248 e. The van der Waals surface area contributed by atoms with E-state index < -0.39 is 0 Å². The van der Waals surface area contributed by atoms with Gasteiger partial charge in [0.25, 0.3) is 0 Å². The van der Waals surface area contributed by atoms with Gasteiger partial charge in [-0.15, -0.1) is 6.42 Å². The first-order valence-corrected chi connectivity index (χ1v) is 11.0. The highest BCUT2D eigenvalue weighted by atomic mass is 16.1. The molecule has 0 saturated heterocycles. The van der Waals surface area contributed by atoms with Gasteiger partial charge in [-0.25, -0.2) is 9.97 Å². The quantitative estimate of drug-likeness (QED) is 0.593. The Balaban J connectivity index is 1.31. The molecule has 1 heterocycles. The molecule has 0 bridgehead atoms. The Morgan fingerprint density at radius 2 is 2.00 bits per heavy atom. The third kappa shape index (κ3) is 3.42. The molecule has 3 atom stereocenters. The fourth-order valence-electron chi connectivity index (χ4n) is 5.81. The number of nitrogens with zero attached hydrogens (tertiary/aromatic N) is 2. The van der Waals surface area contributed by atoms with E-state index in [0.29, 0.717) is 35.3 Å². The Morgan fingerprint density at radius 3 is 2.71 bits per heavy atom. The second-order valence-corrected chi connectivity index (χ2v) is 8.78. The lowest BCUT2D eigenvalue weighted by molar-refractivity contribution is 0.0998. The summed E-state index contributed by atoms with van der Waals surface area (Å²) in [5.41, 5.74) is 9.16. The van der Waals surface area contributed by atoms with Crippen LogP contribution in [0.25, 0.3) is 10.9 Å². The zero-order valence-electron chi connectivity index (χ0n) is 17.6. The van der Waals surface area contributed by atoms with Gasteiger partial charge in [0.1, 0.15) is 12.1 Å². The van der Waals surface area contributed by atoms with Gasteiger partial charge < -0.3 is 11.1 Å². The summed E-state index contributed by atoms with van der Waals surface area (Å²) in [6.45, 7) is 2.21. The second-order valence-electron chi connectivity index (χ2n) is 8.78. The van der Waals surface area contributed by atoms with Crippen molar-refractivity contribution in [3.63, 3.8) is 0 Å². The molecule has 156 valence electrons. The van der Waals surface area contributed by atoms with Crippen molar-refractivity contribution in [2.75, 3.05) is 5.32 Å². The summed E-state index contributed by atoms with van der Waals surface area (Å²) >= 11 is 0. The summed E-state index contributed by atoms with van der Waals surface area (Å²) in [6, 6.07) is 14.1. The fraction of sp³-hybridized carbons (Fsp3) is 0.346. The molecule has 5 nitrogen and oxygen atoms in total. The molecule has 5 rings (SSSR count). The van der Waals surface area contributed by atoms with Crippen molar-refractivity contribution in [2.24, 2.45) is 23.5 Å². The number of hydrogen-bond donors (Lipinski definition) is 2. The number of nitrogens with two attached hydrogens (primary N) is 1. The van der Waals surface area contributed by atoms with Crippen LogP contribution in [0, 0.1) is 30.1 Å². The predicted octanol–water partition coefficient (Wildman–Crippen LogP) is 4.34. The van der Waals surface area contributed by atoms with E-state index in [1.807, 2.05) is 36.4 Å². The van der Waals surface area contributed by atoms with E-state index in [9.17, 15) is 4.79 Å². The molecule has 1 aromatic heterocycles. The fourth-order valence-corrected chi connectivity index (χ4v) is 5.81. The van der Waals surface area contributed by atoms with Crippen molar-refractivity contribution < 1.29 is 4.79 Å². The van der Waals surface area contributed by atoms with Crippen molar-refractivity contribution in [3.8, 4) is 12.3 Å². The van der Waals surface area contributed by atoms with Crippen molar-refractivity contribution in [1.82, 2.24) is 9.97 Å². The molecule has 0 radical (unpaired) electrons. The van der Waals surface area contributed by atoms with Crippen LogP contribution in [-0.2, 0) is 0 Å². The third-order valence-electron chi connectivity index (χ3n) is 7.18. The maximum absolute atomic E-state index is 11.9. The topological polar surface area (TPSA) is 80.9 Å². The summed E-state index contributed by atoms with van der Waals surface area (Å²) < 4.78 is 0. The minimum absolute atomic E-state index is 0.332. The standard InChI is InChI=1S/C26H26N4O/c1-3-15-9-10-23-22(11-15)26(29-14-28-23)30-16-12-20-21(13-16)24(20)17(4-2)18-7-5-6-8-19(18)25(27)31/h1,5-11,14,16-17,20-21,24H,4,12-13H2,2H3,(H2,27,31)(H,28,29,30)/t16?,17-,20+,21+,24?/m0/s1. The van der Waals surface area contributed by atoms with E-state index >= 15 is 0 Å². The number of anilines is 1. The SMILES string of the molecule is C#Cc1ccc2ncnc(NC3C[C@H]4C([C@@H](CC)c5ccccc5C(N)=O)[C@@H]4C3)c2c1. The minimum atomic E-state index is -0.332. The van der Waals surface area contributed by atoms with E-state index in [-0.39, 0.29) is 5.91 Å². The smallest absolute Gasteiger partial charge is 0.248 e. The van der Waals surface area contributed by atoms with Crippen LogP contribution in [0.4, 0.5) is 5.82 Å². The number of aromatic nitrogens is 2. The predicted molar refractivity (Wildman–Crippen MR) is 123 cm³/mol. The van der Waals surface area contributed by atoms with Crippen molar-refractivity contribution in [2.45, 2.75) is 38.1 Å². The van der Waals surface area contributed by atoms with E-state index in [1.54, 1.807) is 6.33 Å². The second kappa shape index (κ2) is 7.70. The first kappa shape index (κ1) is 19.6. The average Bonchev–Trinajstić information content (AvgIpc) is 3.26. The summed E-state index contributed by atoms with van der Waals surface area (Å²) in [7, 11) is 0. The first-order valence-electron chi connectivity index (χ1n) is 11.0. The average molecular weight is 411 g/mol. The molecule has 3 aromatic rings. The van der Waals surface area contributed by atoms with Crippen LogP contribution in [0.3, 0.4) is 0 Å². The summed E-state index contributed by atoms with van der Waals surface area (Å²) in [6.07, 6.45) is 10.4. The Kier molecular flexibility index (Phi) is 4.86. The summed E-state index contributed by atoms with van der Waals surface area (Å²) in [5, 5.41) is 4.62. The van der Waals surface area contributed by atoms with Gasteiger partial charge in [0.15, 0.2) is 0 Å². The largest absolute Gasteiger partial charge is 0.367 e. The first-order chi connectivity index (χ1) is 15.1. The molecule has 1 amide bonds. The third-order valence-corrected chi connectivity index (χ3v) is 7.18. The minimum Gasteiger partial charge on any atom is -0.367 e. The molecular weight excluding hydrogens is 384 g/mol. The van der Waals surface area contributed by atoms with Gasteiger partial charge >= 0.3 is 0 Å². The zero-order chi connectivity index (χ0) is 21.5. The number of carbonyl (C=O) groups excluding carboxylic acids is 1. The molecule has 0 spiro atoms. The molecule has 2 saturated carbocycles. The lowest BCUT2D eigenvalue weighted by atomic mass is 9.84. The number of amides is 1. The summed E-state index contributed by atoms with van der Waals surface area (Å²) in [4.78, 5) is 20.8. The van der Waals surface area contributed by atoms with Crippen molar-refractivity contribution in [1.29, 1.82) is 0 Å². The van der Waals surface area contributed by atoms with Gasteiger partial charge in [0, 0.05) is 22.6 Å². The van der Waals surface area contributed by atoms with E-state index in [4.69, 9.17) is 12.2 Å². The van der Waals surface area contributed by atoms with Gasteiger partial charge in [0.2, 0.25) is 5.91 Å². The van der Waals surface area contributed by atoms with E-state index in [2.05, 4.69) is 34.2 Å². The Hall–Kier alpha value is -3.39. The van der Waals surface area contributed by atoms with Crippen LogP contribution in [0.2, 0.25) is 0 Å². The Labute approximate surface area is 182 Å². The number of benzene rings is 2. The molecule has 2 fully saturated rings. The van der Waals surface area contributed by atoms with Crippen LogP contribution in [0.5, 0.6) is 0 Å². The summed E-state index contributed by atoms with van der Waals surface area (Å²) in [5.74, 6) is 5.58. The van der Waals surface area contributed by atoms with Crippen LogP contribution in [0.1, 0.15) is 53.6 Å². The molecule has 3 N–H and O–H groups in total. The number of fused-ring (bicyclic) bond motifs is 2. The number of carbonyl (C=O) groups is 1. The van der Waals surface area contributed by atoms with Gasteiger partial charge in [-0.3, -0.25) is 4.79 Å². The van der Waals surface area contributed by atoms with Crippen molar-refractivity contribution in [3.05, 3.63) is 65.5 Å². The number of nitrogens with one attached hydrogen (secondary N) is 1. The van der Waals surface area contributed by atoms with Crippen molar-refractivity contribution >= 4 is 22.6 Å². The van der Waals surface area contributed by atoms with Crippen LogP contribution in [0.15, 0.2) is 48.8 Å². The van der Waals surface area contributed by atoms with E-state index in [1.165, 1.54) is 0 Å². The normalized spacial score (nSPS) is 23.2. The zero-order valence-corrected chi connectivity index (χ0v) is 17.6. The molecule has 5 heteroatoms. The van der Waals surface area contributed by atoms with Crippen LogP contribution in [-0.4, -0.2) is 21.9 Å². The highest BCUT2D eigenvalue weighted by molar-refractivity contribution is 5.94. The Bertz CT molecular complexity index is 1190. The number of terminal acetylenes is 1. The lowest BCUT2D eigenvalue weighted by Crippen LogP contribution is -2.22. The molecule has 2 aromatic carbocycles. The molecule has 2 aliphatic rings. The number of rotatable bonds is 6. The maximum atomic E-state index is 11.9. The Morgan fingerprint density at radius 1 is 1.23 bits per heavy atom. The molecule has 2 aliphatic carbocycles. The molecule has 0 aliphatic heterocycles. The highest BCUT2D eigenvalue weighted by Crippen LogP contribution is 2.64. The monoisotopic (exact) mass is 410 g/mol.